The maximum Gasteiger partial charge on any atom is 0.408 e. The van der Waals surface area contributed by atoms with E-state index in [1.54, 1.807) is 94.4 Å². The first-order valence-corrected chi connectivity index (χ1v) is 22.0. The van der Waals surface area contributed by atoms with E-state index in [-0.39, 0.29) is 24.2 Å². The summed E-state index contributed by atoms with van der Waals surface area (Å²) >= 11 is 0. The van der Waals surface area contributed by atoms with Gasteiger partial charge in [0.25, 0.3) is 0 Å². The van der Waals surface area contributed by atoms with Gasteiger partial charge in [-0.15, -0.1) is 0 Å². The topological polar surface area (TPSA) is 227 Å². The van der Waals surface area contributed by atoms with Crippen LogP contribution < -0.4 is 5.32 Å². The van der Waals surface area contributed by atoms with E-state index >= 15 is 14.4 Å². The highest BCUT2D eigenvalue weighted by Crippen LogP contribution is 2.64. The number of ketones is 2. The van der Waals surface area contributed by atoms with E-state index in [0.29, 0.717) is 5.56 Å². The molecule has 3 N–H and O–H groups in total. The van der Waals surface area contributed by atoms with Crippen molar-refractivity contribution in [3.8, 4) is 0 Å². The Kier molecular flexibility index (Phi) is 12.9. The molecule has 352 valence electrons. The van der Waals surface area contributed by atoms with Crippen LogP contribution in [0.1, 0.15) is 101 Å². The minimum atomic E-state index is -2.42. The van der Waals surface area contributed by atoms with Gasteiger partial charge in [-0.2, -0.15) is 0 Å². The Morgan fingerprint density at radius 1 is 0.833 bits per heavy atom. The predicted molar refractivity (Wildman–Crippen MR) is 232 cm³/mol. The van der Waals surface area contributed by atoms with Gasteiger partial charge in [0.05, 0.1) is 35.2 Å². The maximum absolute atomic E-state index is 15.1. The molecule has 1 saturated heterocycles. The van der Waals surface area contributed by atoms with E-state index < -0.39 is 130 Å². The van der Waals surface area contributed by atoms with Gasteiger partial charge < -0.3 is 44.0 Å². The Bertz CT molecular complexity index is 2370. The van der Waals surface area contributed by atoms with Gasteiger partial charge in [-0.25, -0.2) is 19.2 Å². The van der Waals surface area contributed by atoms with Crippen LogP contribution in [0.2, 0.25) is 0 Å². The van der Waals surface area contributed by atoms with Crippen LogP contribution in [-0.4, -0.2) is 106 Å². The van der Waals surface area contributed by atoms with Crippen molar-refractivity contribution in [2.45, 2.75) is 122 Å². The Hall–Kier alpha value is -5.97. The second-order valence-electron chi connectivity index (χ2n) is 19.6. The first kappa shape index (κ1) is 48.0. The Balaban J connectivity index is 1.37. The number of alkyl carbamates (subject to hydrolysis) is 1. The average Bonchev–Trinajstić information content (AvgIpc) is 3.26. The number of carbonyl (C=O) groups excluding carboxylic acids is 7. The molecule has 0 spiro atoms. The third-order valence-electron chi connectivity index (χ3n) is 14.1. The van der Waals surface area contributed by atoms with Gasteiger partial charge in [0, 0.05) is 37.0 Å². The number of Topliss-reactive ketones (excluding diaryl/α,β-unsaturated/α-hetero) is 2. The highest BCUT2D eigenvalue weighted by atomic mass is 16.6. The number of rotatable bonds is 10. The second kappa shape index (κ2) is 17.7. The number of esters is 4. The lowest BCUT2D eigenvalue weighted by atomic mass is 9.42. The van der Waals surface area contributed by atoms with Crippen LogP contribution in [0.4, 0.5) is 4.79 Å². The molecule has 66 heavy (non-hydrogen) atoms. The van der Waals surface area contributed by atoms with Gasteiger partial charge in [0.15, 0.2) is 5.60 Å². The van der Waals surface area contributed by atoms with Crippen molar-refractivity contribution in [1.29, 1.82) is 0 Å². The van der Waals surface area contributed by atoms with Crippen molar-refractivity contribution >= 4 is 41.5 Å². The minimum Gasteiger partial charge on any atom is -0.459 e. The number of aliphatic hydroxyl groups is 2. The SMILES string of the molecule is CC(=O)OC12COC1CC(O)C1(C)C(=O)C(=O)C3C(C)C(OC(=O)C(OC(=O)c4ccccc4)C(NC(=O)OC(C)(C)C)c4ccccc4)CC(O)(C(OC(=O)c4ccccc4)C21)C3(C)C. The van der Waals surface area contributed by atoms with Crippen molar-refractivity contribution in [3.63, 3.8) is 0 Å². The quantitative estimate of drug-likeness (QED) is 0.134. The van der Waals surface area contributed by atoms with Crippen LogP contribution >= 0.6 is 0 Å². The third-order valence-corrected chi connectivity index (χ3v) is 14.1. The van der Waals surface area contributed by atoms with Crippen LogP contribution in [0.15, 0.2) is 91.0 Å². The normalized spacial score (nSPS) is 31.9. The molecule has 12 unspecified atom stereocenters. The summed E-state index contributed by atoms with van der Waals surface area (Å²) in [7, 11) is 0. The van der Waals surface area contributed by atoms with Crippen molar-refractivity contribution < 1.29 is 72.2 Å². The number of hydrogen-bond acceptors (Lipinski definition) is 15. The number of fused-ring (bicyclic) bond motifs is 5. The second-order valence-corrected chi connectivity index (χ2v) is 19.6. The summed E-state index contributed by atoms with van der Waals surface area (Å²) in [5, 5.41) is 28.3. The number of amides is 1. The third kappa shape index (κ3) is 8.39. The molecule has 2 bridgehead atoms. The summed E-state index contributed by atoms with van der Waals surface area (Å²) in [6.45, 7) is 11.7. The fraction of sp³-hybridized carbons (Fsp3) is 0.500. The summed E-state index contributed by atoms with van der Waals surface area (Å²) in [6, 6.07) is 22.3. The molecular weight excluding hydrogens is 855 g/mol. The van der Waals surface area contributed by atoms with Crippen LogP contribution in [0.25, 0.3) is 0 Å². The first-order valence-electron chi connectivity index (χ1n) is 22.0. The molecule has 3 aromatic carbocycles. The van der Waals surface area contributed by atoms with E-state index in [2.05, 4.69) is 5.32 Å². The molecule has 16 nitrogen and oxygen atoms in total. The van der Waals surface area contributed by atoms with E-state index in [0.717, 1.165) is 6.92 Å². The van der Waals surface area contributed by atoms with Crippen molar-refractivity contribution in [2.24, 2.45) is 28.6 Å². The smallest absolute Gasteiger partial charge is 0.408 e. The number of aliphatic hydroxyl groups excluding tert-OH is 1. The highest BCUT2D eigenvalue weighted by Gasteiger charge is 2.79. The molecule has 3 saturated carbocycles. The van der Waals surface area contributed by atoms with Gasteiger partial charge in [-0.05, 0) is 57.5 Å². The van der Waals surface area contributed by atoms with Gasteiger partial charge in [-0.3, -0.25) is 14.4 Å². The molecule has 0 radical (unpaired) electrons. The number of carbonyl (C=O) groups is 7. The molecule has 3 aliphatic carbocycles. The maximum atomic E-state index is 15.1. The van der Waals surface area contributed by atoms with Gasteiger partial charge >= 0.3 is 30.0 Å². The summed E-state index contributed by atoms with van der Waals surface area (Å²) < 4.78 is 36.1. The molecule has 12 atom stereocenters. The molecule has 4 fully saturated rings. The average molecular weight is 912 g/mol. The molecule has 1 amide bonds. The van der Waals surface area contributed by atoms with Gasteiger partial charge in [0.1, 0.15) is 35.6 Å². The molecule has 0 aromatic heterocycles. The van der Waals surface area contributed by atoms with Crippen molar-refractivity contribution in [2.75, 3.05) is 6.61 Å². The summed E-state index contributed by atoms with van der Waals surface area (Å²) in [5.41, 5.74) is -8.55. The number of hydrogen-bond donors (Lipinski definition) is 3. The molecule has 16 heteroatoms. The Morgan fingerprint density at radius 3 is 1.92 bits per heavy atom. The standard InChI is InChI=1S/C50H57NO15/c1-27-32(62-44(58)38(63-42(56)30-20-14-10-15-21-30)36(29-18-12-9-13-19-29)51-45(59)66-46(3,4)5)25-50(60)41(64-43(57)31-22-16-11-17-23-31)39-48(8,40(55)37(54)35(27)47(50,6)7)33(53)24-34-49(39,26-61-34)65-28(2)52/h9-23,27,32-36,38-39,41,53,60H,24-26H2,1-8H3,(H,51,59). The zero-order valence-corrected chi connectivity index (χ0v) is 38.2. The summed E-state index contributed by atoms with van der Waals surface area (Å²) in [4.78, 5) is 99.8. The fourth-order valence-corrected chi connectivity index (χ4v) is 10.7. The van der Waals surface area contributed by atoms with Crippen LogP contribution in [-0.2, 0) is 47.6 Å². The Labute approximate surface area is 382 Å². The van der Waals surface area contributed by atoms with E-state index in [1.807, 2.05) is 0 Å². The highest BCUT2D eigenvalue weighted by molar-refractivity contribution is 6.40. The first-order chi connectivity index (χ1) is 31.0. The van der Waals surface area contributed by atoms with E-state index in [4.69, 9.17) is 28.4 Å². The lowest BCUT2D eigenvalue weighted by Crippen LogP contribution is -2.82. The number of benzene rings is 3. The zero-order valence-electron chi connectivity index (χ0n) is 38.2. The van der Waals surface area contributed by atoms with Gasteiger partial charge in [-0.1, -0.05) is 87.5 Å². The number of nitrogens with one attached hydrogen (secondary N) is 1. The van der Waals surface area contributed by atoms with E-state index in [9.17, 15) is 29.4 Å². The molecule has 1 heterocycles. The molecular formula is C50H57NO15. The number of ether oxygens (including phenoxy) is 6. The zero-order chi connectivity index (χ0) is 48.1. The lowest BCUT2D eigenvalue weighted by molar-refractivity contribution is -0.350. The molecule has 4 aliphatic rings. The predicted octanol–water partition coefficient (Wildman–Crippen LogP) is 5.27. The largest absolute Gasteiger partial charge is 0.459 e. The van der Waals surface area contributed by atoms with Crippen LogP contribution in [0.5, 0.6) is 0 Å². The van der Waals surface area contributed by atoms with Gasteiger partial charge in [0.2, 0.25) is 17.7 Å². The summed E-state index contributed by atoms with van der Waals surface area (Å²) in [5.74, 6) is -10.1. The molecule has 3 aromatic rings. The fourth-order valence-electron chi connectivity index (χ4n) is 10.7. The van der Waals surface area contributed by atoms with Crippen molar-refractivity contribution in [3.05, 3.63) is 108 Å². The van der Waals surface area contributed by atoms with Crippen LogP contribution in [0.3, 0.4) is 0 Å². The molecule has 7 rings (SSSR count). The Morgan fingerprint density at radius 2 is 1.39 bits per heavy atom. The minimum absolute atomic E-state index is 0.0561. The van der Waals surface area contributed by atoms with Crippen molar-refractivity contribution in [1.82, 2.24) is 5.32 Å². The van der Waals surface area contributed by atoms with Crippen LogP contribution in [0, 0.1) is 28.6 Å². The van der Waals surface area contributed by atoms with E-state index in [1.165, 1.54) is 45.0 Å². The summed E-state index contributed by atoms with van der Waals surface area (Å²) in [6.07, 6.45) is -9.66. The monoisotopic (exact) mass is 911 g/mol. The molecule has 1 aliphatic heterocycles. The lowest BCUT2D eigenvalue weighted by Gasteiger charge is -2.67.